The highest BCUT2D eigenvalue weighted by Crippen LogP contribution is 2.57. The van der Waals surface area contributed by atoms with E-state index in [1.807, 2.05) is 48.5 Å². The molecule has 6 rings (SSSR count). The molecular formula is C31H22O7. The van der Waals surface area contributed by atoms with Gasteiger partial charge in [-0.3, -0.25) is 0 Å². The fraction of sp³-hybridized carbons (Fsp3) is 0.0968. The maximum absolute atomic E-state index is 13.0. The summed E-state index contributed by atoms with van der Waals surface area (Å²) in [4.78, 5) is 25.4. The number of carbonyl (C=O) groups excluding carboxylic acids is 2. The van der Waals surface area contributed by atoms with Crippen LogP contribution in [-0.4, -0.2) is 18.7 Å². The maximum atomic E-state index is 13.0. The van der Waals surface area contributed by atoms with Crippen molar-refractivity contribution in [1.82, 2.24) is 0 Å². The van der Waals surface area contributed by atoms with Crippen LogP contribution in [-0.2, 0) is 21.7 Å². The minimum atomic E-state index is -1.24. The van der Waals surface area contributed by atoms with E-state index in [9.17, 15) is 9.59 Å². The minimum Gasteiger partial charge on any atom is -0.489 e. The van der Waals surface area contributed by atoms with E-state index >= 15 is 0 Å². The number of rotatable bonds is 6. The Kier molecular flexibility index (Phi) is 5.81. The van der Waals surface area contributed by atoms with Crippen LogP contribution in [0.5, 0.6) is 23.0 Å². The van der Waals surface area contributed by atoms with Gasteiger partial charge in [-0.15, -0.1) is 0 Å². The van der Waals surface area contributed by atoms with Crippen molar-refractivity contribution >= 4 is 12.1 Å². The molecule has 0 amide bonds. The molecule has 38 heavy (non-hydrogen) atoms. The van der Waals surface area contributed by atoms with Crippen molar-refractivity contribution < 1.29 is 33.3 Å². The smallest absolute Gasteiger partial charge is 0.489 e. The first-order valence-corrected chi connectivity index (χ1v) is 12.0. The molecule has 0 bridgehead atoms. The summed E-state index contributed by atoms with van der Waals surface area (Å²) in [6.07, 6.45) is 0.796. The van der Waals surface area contributed by atoms with E-state index < -0.39 is 17.7 Å². The van der Waals surface area contributed by atoms with Crippen molar-refractivity contribution in [1.29, 1.82) is 0 Å². The monoisotopic (exact) mass is 506 g/mol. The number of carbonyl (C=O) groups is 2. The second kappa shape index (κ2) is 9.44. The second-order valence-electron chi connectivity index (χ2n) is 8.76. The third-order valence-corrected chi connectivity index (χ3v) is 6.43. The van der Waals surface area contributed by atoms with E-state index in [0.717, 1.165) is 5.56 Å². The van der Waals surface area contributed by atoms with Gasteiger partial charge in [-0.05, 0) is 35.9 Å². The largest absolute Gasteiger partial charge is 0.514 e. The van der Waals surface area contributed by atoms with Gasteiger partial charge in [-0.2, -0.15) is 0 Å². The van der Waals surface area contributed by atoms with Gasteiger partial charge in [0.15, 0.2) is 5.60 Å². The first-order valence-electron chi connectivity index (χ1n) is 12.0. The molecule has 0 saturated heterocycles. The Hall–Kier alpha value is -5.04. The lowest BCUT2D eigenvalue weighted by Gasteiger charge is -2.36. The molecule has 1 spiro atoms. The predicted molar refractivity (Wildman–Crippen MR) is 138 cm³/mol. The molecule has 0 aromatic heterocycles. The van der Waals surface area contributed by atoms with Gasteiger partial charge in [0.05, 0.1) is 5.56 Å². The average Bonchev–Trinajstić information content (AvgIpc) is 3.24. The summed E-state index contributed by atoms with van der Waals surface area (Å²) < 4.78 is 28.8. The van der Waals surface area contributed by atoms with Gasteiger partial charge in [-0.1, -0.05) is 61.2 Å². The summed E-state index contributed by atoms with van der Waals surface area (Å²) in [5.41, 5.74) is 2.04. The van der Waals surface area contributed by atoms with Crippen molar-refractivity contribution in [2.75, 3.05) is 6.61 Å². The SMILES string of the molecule is C=CCOc1ccc2c(c1)Oc1cc(OC(=O)OCc3ccccc3)ccc1C21OC(=O)c2ccccc21. The van der Waals surface area contributed by atoms with E-state index in [0.29, 0.717) is 46.1 Å². The van der Waals surface area contributed by atoms with Crippen LogP contribution in [0.2, 0.25) is 0 Å². The van der Waals surface area contributed by atoms with E-state index in [2.05, 4.69) is 6.58 Å². The number of hydrogen-bond donors (Lipinski definition) is 0. The molecule has 0 radical (unpaired) electrons. The molecule has 0 aliphatic carbocycles. The quantitative estimate of drug-likeness (QED) is 0.167. The minimum absolute atomic E-state index is 0.0812. The Morgan fingerprint density at radius 2 is 1.53 bits per heavy atom. The van der Waals surface area contributed by atoms with Crippen LogP contribution >= 0.6 is 0 Å². The number of benzene rings is 4. The highest BCUT2D eigenvalue weighted by Gasteiger charge is 2.53. The molecule has 2 heterocycles. The number of ether oxygens (including phenoxy) is 5. The van der Waals surface area contributed by atoms with Crippen molar-refractivity contribution in [2.24, 2.45) is 0 Å². The molecule has 2 aliphatic heterocycles. The average molecular weight is 507 g/mol. The molecule has 1 unspecified atom stereocenters. The van der Waals surface area contributed by atoms with Crippen molar-refractivity contribution in [3.8, 4) is 23.0 Å². The Labute approximate surface area is 218 Å². The molecule has 7 heteroatoms. The van der Waals surface area contributed by atoms with Crippen molar-refractivity contribution in [3.63, 3.8) is 0 Å². The summed E-state index contributed by atoms with van der Waals surface area (Å²) in [5.74, 6) is 1.17. The topological polar surface area (TPSA) is 80.3 Å². The number of hydrogen-bond acceptors (Lipinski definition) is 7. The van der Waals surface area contributed by atoms with Crippen LogP contribution in [0.3, 0.4) is 0 Å². The number of esters is 1. The van der Waals surface area contributed by atoms with Crippen LogP contribution in [0.4, 0.5) is 4.79 Å². The van der Waals surface area contributed by atoms with Gasteiger partial charge in [0.25, 0.3) is 0 Å². The molecule has 4 aromatic rings. The predicted octanol–water partition coefficient (Wildman–Crippen LogP) is 6.54. The standard InChI is InChI=1S/C31H22O7/c1-2-16-34-21-12-14-25-27(17-21)37-28-18-22(36-30(33)35-19-20-8-4-3-5-9-20)13-15-26(28)31(25)24-11-7-6-10-23(24)29(32)38-31/h2-15,17-18H,1,16,19H2. The molecular weight excluding hydrogens is 484 g/mol. The van der Waals surface area contributed by atoms with E-state index in [1.165, 1.54) is 0 Å². The lowest BCUT2D eigenvalue weighted by molar-refractivity contribution is 0.0224. The van der Waals surface area contributed by atoms with Crippen LogP contribution in [0.1, 0.15) is 32.6 Å². The van der Waals surface area contributed by atoms with Gasteiger partial charge in [0.1, 0.15) is 36.2 Å². The second-order valence-corrected chi connectivity index (χ2v) is 8.76. The van der Waals surface area contributed by atoms with Crippen LogP contribution in [0.15, 0.2) is 104 Å². The first kappa shape index (κ1) is 23.4. The van der Waals surface area contributed by atoms with Gasteiger partial charge < -0.3 is 23.7 Å². The normalized spacial score (nSPS) is 16.4. The molecule has 7 nitrogen and oxygen atoms in total. The lowest BCUT2D eigenvalue weighted by Crippen LogP contribution is -2.33. The Balaban J connectivity index is 1.37. The summed E-state index contributed by atoms with van der Waals surface area (Å²) in [6.45, 7) is 4.08. The fourth-order valence-electron chi connectivity index (χ4n) is 4.79. The highest BCUT2D eigenvalue weighted by molar-refractivity contribution is 5.97. The molecule has 0 N–H and O–H groups in total. The summed E-state index contributed by atoms with van der Waals surface area (Å²) in [6, 6.07) is 26.9. The van der Waals surface area contributed by atoms with Gasteiger partial charge >= 0.3 is 12.1 Å². The molecule has 0 fully saturated rings. The summed E-state index contributed by atoms with van der Waals surface area (Å²) in [5, 5.41) is 0. The zero-order valence-electron chi connectivity index (χ0n) is 20.2. The third-order valence-electron chi connectivity index (χ3n) is 6.43. The van der Waals surface area contributed by atoms with Crippen LogP contribution in [0, 0.1) is 0 Å². The molecule has 0 saturated carbocycles. The third kappa shape index (κ3) is 3.94. The Morgan fingerprint density at radius 3 is 2.29 bits per heavy atom. The van der Waals surface area contributed by atoms with Gasteiger partial charge in [0, 0.05) is 28.8 Å². The fourth-order valence-corrected chi connectivity index (χ4v) is 4.79. The van der Waals surface area contributed by atoms with Gasteiger partial charge in [0.2, 0.25) is 0 Å². The summed E-state index contributed by atoms with van der Waals surface area (Å²) >= 11 is 0. The van der Waals surface area contributed by atoms with E-state index in [-0.39, 0.29) is 12.4 Å². The lowest BCUT2D eigenvalue weighted by atomic mass is 9.77. The summed E-state index contributed by atoms with van der Waals surface area (Å²) in [7, 11) is 0. The number of fused-ring (bicyclic) bond motifs is 6. The Bertz CT molecular complexity index is 1560. The van der Waals surface area contributed by atoms with E-state index in [4.69, 9.17) is 23.7 Å². The first-order chi connectivity index (χ1) is 18.6. The molecule has 4 aromatic carbocycles. The zero-order chi connectivity index (χ0) is 26.1. The molecule has 2 aliphatic rings. The molecule has 1 atom stereocenters. The highest BCUT2D eigenvalue weighted by atomic mass is 16.7. The van der Waals surface area contributed by atoms with E-state index in [1.54, 1.807) is 48.5 Å². The van der Waals surface area contributed by atoms with Crippen molar-refractivity contribution in [3.05, 3.63) is 131 Å². The molecule has 188 valence electrons. The Morgan fingerprint density at radius 1 is 0.842 bits per heavy atom. The zero-order valence-corrected chi connectivity index (χ0v) is 20.2. The van der Waals surface area contributed by atoms with Crippen molar-refractivity contribution in [2.45, 2.75) is 12.2 Å². The van der Waals surface area contributed by atoms with Crippen LogP contribution in [0.25, 0.3) is 0 Å². The maximum Gasteiger partial charge on any atom is 0.514 e. The van der Waals surface area contributed by atoms with Gasteiger partial charge in [-0.25, -0.2) is 9.59 Å². The van der Waals surface area contributed by atoms with Crippen LogP contribution < -0.4 is 14.2 Å².